The maximum absolute atomic E-state index is 6.43. The lowest BCUT2D eigenvalue weighted by Gasteiger charge is -2.37. The molecule has 0 fully saturated rings. The zero-order chi connectivity index (χ0) is 14.4. The zero-order valence-electron chi connectivity index (χ0n) is 12.6. The molecule has 1 aromatic rings. The van der Waals surface area contributed by atoms with Gasteiger partial charge in [-0.1, -0.05) is 32.4 Å². The molecule has 0 saturated heterocycles. The predicted octanol–water partition coefficient (Wildman–Crippen LogP) is 4.96. The van der Waals surface area contributed by atoms with E-state index < -0.39 is 8.32 Å². The van der Waals surface area contributed by atoms with Crippen molar-refractivity contribution in [1.82, 2.24) is 4.98 Å². The first-order valence-corrected chi connectivity index (χ1v) is 9.96. The van der Waals surface area contributed by atoms with Crippen LogP contribution >= 0.6 is 11.6 Å². The van der Waals surface area contributed by atoms with E-state index in [1.807, 2.05) is 6.07 Å². The molecule has 0 N–H and O–H groups in total. The summed E-state index contributed by atoms with van der Waals surface area (Å²) in [6.45, 7) is 13.4. The van der Waals surface area contributed by atoms with Gasteiger partial charge in [0.2, 0.25) is 8.32 Å². The molecule has 0 amide bonds. The van der Waals surface area contributed by atoms with E-state index in [0.717, 1.165) is 29.0 Å². The van der Waals surface area contributed by atoms with Crippen LogP contribution in [0.5, 0.6) is 0 Å². The van der Waals surface area contributed by atoms with Crippen LogP contribution in [-0.4, -0.2) is 13.3 Å². The number of allylic oxidation sites excluding steroid dienone is 1. The minimum Gasteiger partial charge on any atom is -0.543 e. The zero-order valence-corrected chi connectivity index (χ0v) is 14.4. The maximum Gasteiger partial charge on any atom is 0.250 e. The first-order valence-electron chi connectivity index (χ1n) is 6.67. The number of pyridine rings is 1. The van der Waals surface area contributed by atoms with Gasteiger partial charge in [-0.3, -0.25) is 0 Å². The largest absolute Gasteiger partial charge is 0.543 e. The number of fused-ring (bicyclic) bond motifs is 1. The third-order valence-corrected chi connectivity index (χ3v) is 8.70. The second kappa shape index (κ2) is 4.64. The summed E-state index contributed by atoms with van der Waals surface area (Å²) < 4.78 is 6.43. The second-order valence-electron chi connectivity index (χ2n) is 6.72. The standard InChI is InChI=1S/C15H22ClNOSi/c1-10-9-13(16)17-11-7-8-12(14(10)11)18-19(5,6)15(2,3)4/h8-9H,7H2,1-6H3. The first-order chi connectivity index (χ1) is 8.62. The van der Waals surface area contributed by atoms with Gasteiger partial charge in [0.15, 0.2) is 0 Å². The van der Waals surface area contributed by atoms with Crippen molar-refractivity contribution in [3.63, 3.8) is 0 Å². The molecule has 0 unspecified atom stereocenters. The van der Waals surface area contributed by atoms with Crippen molar-refractivity contribution in [1.29, 1.82) is 0 Å². The van der Waals surface area contributed by atoms with E-state index in [0.29, 0.717) is 5.15 Å². The van der Waals surface area contributed by atoms with Crippen LogP contribution in [0.25, 0.3) is 5.76 Å². The van der Waals surface area contributed by atoms with Crippen molar-refractivity contribution in [3.05, 3.63) is 34.1 Å². The molecule has 0 aromatic carbocycles. The molecular weight excluding hydrogens is 274 g/mol. The fourth-order valence-electron chi connectivity index (χ4n) is 1.99. The number of aromatic nitrogens is 1. The van der Waals surface area contributed by atoms with Crippen LogP contribution in [-0.2, 0) is 10.8 Å². The maximum atomic E-state index is 6.43. The molecule has 0 spiro atoms. The quantitative estimate of drug-likeness (QED) is 0.568. The number of nitrogens with zero attached hydrogens (tertiary/aromatic N) is 1. The van der Waals surface area contributed by atoms with Crippen LogP contribution in [0.3, 0.4) is 0 Å². The molecule has 4 heteroatoms. The smallest absolute Gasteiger partial charge is 0.250 e. The molecule has 0 bridgehead atoms. The third kappa shape index (κ3) is 2.72. The molecule has 2 nitrogen and oxygen atoms in total. The Kier molecular flexibility index (Phi) is 3.56. The number of rotatable bonds is 2. The molecule has 1 aliphatic rings. The summed E-state index contributed by atoms with van der Waals surface area (Å²) >= 11 is 6.02. The van der Waals surface area contributed by atoms with E-state index in [1.165, 1.54) is 0 Å². The molecule has 1 heterocycles. The Morgan fingerprint density at radius 2 is 1.95 bits per heavy atom. The van der Waals surface area contributed by atoms with Crippen LogP contribution in [0.15, 0.2) is 12.1 Å². The van der Waals surface area contributed by atoms with Crippen molar-refractivity contribution in [3.8, 4) is 0 Å². The fourth-order valence-corrected chi connectivity index (χ4v) is 3.30. The SMILES string of the molecule is Cc1cc(Cl)nc2c1C(O[Si](C)(C)C(C)(C)C)=CC2. The highest BCUT2D eigenvalue weighted by Crippen LogP contribution is 2.41. The molecule has 1 aliphatic carbocycles. The molecule has 19 heavy (non-hydrogen) atoms. The van der Waals surface area contributed by atoms with Gasteiger partial charge in [-0.05, 0) is 42.8 Å². The van der Waals surface area contributed by atoms with Crippen molar-refractivity contribution < 1.29 is 4.43 Å². The topological polar surface area (TPSA) is 22.1 Å². The Hall–Kier alpha value is -0.803. The minimum absolute atomic E-state index is 0.199. The molecule has 0 atom stereocenters. The molecular formula is C15H22ClNOSi. The molecule has 1 aromatic heterocycles. The van der Waals surface area contributed by atoms with E-state index >= 15 is 0 Å². The highest BCUT2D eigenvalue weighted by molar-refractivity contribution is 6.74. The summed E-state index contributed by atoms with van der Waals surface area (Å²) in [6, 6.07) is 1.91. The predicted molar refractivity (Wildman–Crippen MR) is 83.9 cm³/mol. The molecule has 0 saturated carbocycles. The Bertz CT molecular complexity index is 544. The monoisotopic (exact) mass is 295 g/mol. The van der Waals surface area contributed by atoms with E-state index in [4.69, 9.17) is 16.0 Å². The van der Waals surface area contributed by atoms with Crippen LogP contribution in [0.4, 0.5) is 0 Å². The summed E-state index contributed by atoms with van der Waals surface area (Å²) in [5.74, 6) is 1.00. The molecule has 2 rings (SSSR count). The van der Waals surface area contributed by atoms with E-state index in [1.54, 1.807) is 0 Å². The summed E-state index contributed by atoms with van der Waals surface area (Å²) in [7, 11) is -1.80. The summed E-state index contributed by atoms with van der Waals surface area (Å²) in [6.07, 6.45) is 2.96. The number of aryl methyl sites for hydroxylation is 1. The Morgan fingerprint density at radius 3 is 2.53 bits per heavy atom. The van der Waals surface area contributed by atoms with Crippen molar-refractivity contribution in [2.75, 3.05) is 0 Å². The van der Waals surface area contributed by atoms with Crippen molar-refractivity contribution >= 4 is 25.7 Å². The Labute approximate surface area is 122 Å². The third-order valence-electron chi connectivity index (χ3n) is 4.16. The van der Waals surface area contributed by atoms with Gasteiger partial charge in [0, 0.05) is 12.0 Å². The minimum atomic E-state index is -1.80. The fraction of sp³-hybridized carbons (Fsp3) is 0.533. The second-order valence-corrected chi connectivity index (χ2v) is 11.8. The number of halogens is 1. The van der Waals surface area contributed by atoms with Gasteiger partial charge in [0.25, 0.3) is 0 Å². The summed E-state index contributed by atoms with van der Waals surface area (Å²) in [4.78, 5) is 4.41. The van der Waals surface area contributed by atoms with Gasteiger partial charge in [0.1, 0.15) is 10.9 Å². The van der Waals surface area contributed by atoms with Gasteiger partial charge in [-0.2, -0.15) is 0 Å². The Morgan fingerprint density at radius 1 is 1.32 bits per heavy atom. The highest BCUT2D eigenvalue weighted by atomic mass is 35.5. The van der Waals surface area contributed by atoms with Crippen molar-refractivity contribution in [2.45, 2.75) is 52.2 Å². The normalized spacial score (nSPS) is 15.2. The van der Waals surface area contributed by atoms with Gasteiger partial charge in [0.05, 0.1) is 5.69 Å². The van der Waals surface area contributed by atoms with Gasteiger partial charge in [-0.25, -0.2) is 4.98 Å². The first kappa shape index (κ1) is 14.6. The van der Waals surface area contributed by atoms with Gasteiger partial charge < -0.3 is 4.43 Å². The average Bonchev–Trinajstić information content (AvgIpc) is 2.58. The summed E-state index contributed by atoms with van der Waals surface area (Å²) in [5, 5.41) is 0.767. The van der Waals surface area contributed by atoms with E-state index in [9.17, 15) is 0 Å². The molecule has 0 radical (unpaired) electrons. The van der Waals surface area contributed by atoms with Crippen molar-refractivity contribution in [2.24, 2.45) is 0 Å². The summed E-state index contributed by atoms with van der Waals surface area (Å²) in [5.41, 5.74) is 3.34. The number of hydrogen-bond donors (Lipinski definition) is 0. The Balaban J connectivity index is 2.34. The van der Waals surface area contributed by atoms with Crippen LogP contribution in [0.1, 0.15) is 37.6 Å². The van der Waals surface area contributed by atoms with Crippen LogP contribution < -0.4 is 0 Å². The van der Waals surface area contributed by atoms with E-state index in [-0.39, 0.29) is 5.04 Å². The lowest BCUT2D eigenvalue weighted by Crippen LogP contribution is -2.40. The number of hydrogen-bond acceptors (Lipinski definition) is 2. The molecule has 0 aliphatic heterocycles. The van der Waals surface area contributed by atoms with E-state index in [2.05, 4.69) is 51.8 Å². The lowest BCUT2D eigenvalue weighted by molar-refractivity contribution is 0.458. The van der Waals surface area contributed by atoms with Crippen LogP contribution in [0, 0.1) is 6.92 Å². The molecule has 104 valence electrons. The lowest BCUT2D eigenvalue weighted by atomic mass is 10.1. The van der Waals surface area contributed by atoms with Gasteiger partial charge in [-0.15, -0.1) is 0 Å². The van der Waals surface area contributed by atoms with Gasteiger partial charge >= 0.3 is 0 Å². The highest BCUT2D eigenvalue weighted by Gasteiger charge is 2.40. The van der Waals surface area contributed by atoms with Crippen LogP contribution in [0.2, 0.25) is 23.3 Å². The average molecular weight is 296 g/mol.